The molecule has 152 valence electrons. The lowest BCUT2D eigenvalue weighted by molar-refractivity contribution is -0.122. The van der Waals surface area contributed by atoms with Crippen molar-refractivity contribution in [1.29, 1.82) is 0 Å². The maximum absolute atomic E-state index is 12.5. The average Bonchev–Trinajstić information content (AvgIpc) is 3.22. The van der Waals surface area contributed by atoms with E-state index in [1.165, 1.54) is 11.3 Å². The molecule has 27 heavy (non-hydrogen) atoms. The maximum Gasteiger partial charge on any atom is 0.252 e. The third-order valence-corrected chi connectivity index (χ3v) is 8.49. The van der Waals surface area contributed by atoms with Gasteiger partial charge >= 0.3 is 0 Å². The molecule has 3 heterocycles. The van der Waals surface area contributed by atoms with Gasteiger partial charge in [0.2, 0.25) is 5.91 Å². The minimum Gasteiger partial charge on any atom is -0.379 e. The molecule has 0 saturated carbocycles. The van der Waals surface area contributed by atoms with Crippen molar-refractivity contribution in [2.45, 2.75) is 29.9 Å². The van der Waals surface area contributed by atoms with E-state index in [0.717, 1.165) is 52.1 Å². The van der Waals surface area contributed by atoms with Crippen LogP contribution in [0.2, 0.25) is 0 Å². The molecular weight excluding hydrogens is 386 g/mol. The number of rotatable bonds is 8. The number of hydrogen-bond donors (Lipinski definition) is 1. The van der Waals surface area contributed by atoms with Gasteiger partial charge in [-0.2, -0.15) is 4.31 Å². The van der Waals surface area contributed by atoms with E-state index < -0.39 is 10.0 Å². The minimum absolute atomic E-state index is 0.0801. The first kappa shape index (κ1) is 20.7. The molecule has 0 aliphatic carbocycles. The predicted molar refractivity (Wildman–Crippen MR) is 105 cm³/mol. The molecule has 1 aromatic heterocycles. The Kier molecular flexibility index (Phi) is 7.66. The number of nitrogens with zero attached hydrogens (tertiary/aromatic N) is 2. The summed E-state index contributed by atoms with van der Waals surface area (Å²) < 4.78 is 32.3. The van der Waals surface area contributed by atoms with Gasteiger partial charge < -0.3 is 10.1 Å². The van der Waals surface area contributed by atoms with Gasteiger partial charge in [0.1, 0.15) is 4.21 Å². The monoisotopic (exact) mass is 415 g/mol. The zero-order valence-corrected chi connectivity index (χ0v) is 17.3. The minimum atomic E-state index is -3.36. The second kappa shape index (κ2) is 9.97. The number of nitrogens with one attached hydrogen (secondary N) is 1. The molecule has 1 N–H and O–H groups in total. The van der Waals surface area contributed by atoms with Crippen LogP contribution in [-0.2, 0) is 19.6 Å². The average molecular weight is 416 g/mol. The van der Waals surface area contributed by atoms with Crippen LogP contribution in [0.25, 0.3) is 0 Å². The highest BCUT2D eigenvalue weighted by molar-refractivity contribution is 7.91. The van der Waals surface area contributed by atoms with Crippen LogP contribution in [0.3, 0.4) is 0 Å². The van der Waals surface area contributed by atoms with Crippen molar-refractivity contribution >= 4 is 27.3 Å². The van der Waals surface area contributed by atoms with Crippen LogP contribution in [0.15, 0.2) is 21.7 Å². The first-order valence-electron chi connectivity index (χ1n) is 9.66. The van der Waals surface area contributed by atoms with Gasteiger partial charge in [0.25, 0.3) is 10.0 Å². The maximum atomic E-state index is 12.5. The highest BCUT2D eigenvalue weighted by Gasteiger charge is 2.30. The number of carbonyl (C=O) groups excluding carboxylic acids is 1. The van der Waals surface area contributed by atoms with Crippen LogP contribution in [0.1, 0.15) is 25.7 Å². The largest absolute Gasteiger partial charge is 0.379 e. The summed E-state index contributed by atoms with van der Waals surface area (Å²) in [5.41, 5.74) is 0. The molecule has 1 amide bonds. The van der Waals surface area contributed by atoms with Crippen molar-refractivity contribution in [3.63, 3.8) is 0 Å². The molecule has 0 spiro atoms. The van der Waals surface area contributed by atoms with E-state index in [4.69, 9.17) is 4.74 Å². The number of sulfonamides is 1. The van der Waals surface area contributed by atoms with E-state index in [9.17, 15) is 13.2 Å². The van der Waals surface area contributed by atoms with E-state index in [1.54, 1.807) is 21.8 Å². The fourth-order valence-electron chi connectivity index (χ4n) is 3.58. The third kappa shape index (κ3) is 5.99. The lowest BCUT2D eigenvalue weighted by Gasteiger charge is -2.30. The Balaban J connectivity index is 1.32. The van der Waals surface area contributed by atoms with Gasteiger partial charge in [-0.3, -0.25) is 9.69 Å². The zero-order chi connectivity index (χ0) is 19.1. The molecule has 2 saturated heterocycles. The second-order valence-electron chi connectivity index (χ2n) is 7.14. The Labute approximate surface area is 165 Å². The fraction of sp³-hybridized carbons (Fsp3) is 0.722. The van der Waals surface area contributed by atoms with Gasteiger partial charge in [-0.1, -0.05) is 6.07 Å². The van der Waals surface area contributed by atoms with Crippen molar-refractivity contribution < 1.29 is 17.9 Å². The summed E-state index contributed by atoms with van der Waals surface area (Å²) in [7, 11) is -3.36. The summed E-state index contributed by atoms with van der Waals surface area (Å²) in [5, 5.41) is 4.79. The molecule has 0 atom stereocenters. The zero-order valence-electron chi connectivity index (χ0n) is 15.6. The van der Waals surface area contributed by atoms with Gasteiger partial charge in [0, 0.05) is 39.1 Å². The van der Waals surface area contributed by atoms with Crippen LogP contribution in [0, 0.1) is 5.92 Å². The Morgan fingerprint density at radius 2 is 1.96 bits per heavy atom. The van der Waals surface area contributed by atoms with Crippen molar-refractivity contribution in [1.82, 2.24) is 14.5 Å². The molecule has 0 aromatic carbocycles. The number of piperidine rings is 1. The normalized spacial score (nSPS) is 20.6. The summed E-state index contributed by atoms with van der Waals surface area (Å²) in [5.74, 6) is 0.343. The highest BCUT2D eigenvalue weighted by atomic mass is 32.2. The first-order chi connectivity index (χ1) is 13.1. The SMILES string of the molecule is O=C(CC1CCN(S(=O)(=O)c2cccs2)CC1)NCCCN1CCOCC1. The standard InChI is InChI=1S/C18H29N3O4S2/c22-17(19-6-2-7-20-10-12-25-13-11-20)15-16-4-8-21(9-5-16)27(23,24)18-3-1-14-26-18/h1,3,14,16H,2,4-13,15H2,(H,19,22). The third-order valence-electron chi connectivity index (χ3n) is 5.21. The van der Waals surface area contributed by atoms with E-state index in [2.05, 4.69) is 10.2 Å². The summed E-state index contributed by atoms with van der Waals surface area (Å²) in [4.78, 5) is 14.5. The number of hydrogen-bond acceptors (Lipinski definition) is 6. The van der Waals surface area contributed by atoms with Gasteiger partial charge in [-0.15, -0.1) is 11.3 Å². The van der Waals surface area contributed by atoms with Crippen LogP contribution in [-0.4, -0.2) is 76.0 Å². The fourth-order valence-corrected chi connectivity index (χ4v) is 6.20. The molecule has 0 radical (unpaired) electrons. The number of amides is 1. The van der Waals surface area contributed by atoms with Crippen molar-refractivity contribution in [3.8, 4) is 0 Å². The molecule has 3 rings (SSSR count). The van der Waals surface area contributed by atoms with E-state index in [1.807, 2.05) is 0 Å². The topological polar surface area (TPSA) is 79.0 Å². The van der Waals surface area contributed by atoms with Crippen molar-refractivity contribution in [2.75, 3.05) is 52.5 Å². The lowest BCUT2D eigenvalue weighted by atomic mass is 9.94. The van der Waals surface area contributed by atoms with Crippen LogP contribution >= 0.6 is 11.3 Å². The van der Waals surface area contributed by atoms with Crippen LogP contribution in [0.5, 0.6) is 0 Å². The number of ether oxygens (including phenoxy) is 1. The van der Waals surface area contributed by atoms with Gasteiger partial charge in [0.05, 0.1) is 13.2 Å². The van der Waals surface area contributed by atoms with E-state index in [-0.39, 0.29) is 11.8 Å². The Morgan fingerprint density at radius 3 is 2.63 bits per heavy atom. The quantitative estimate of drug-likeness (QED) is 0.649. The summed E-state index contributed by atoms with van der Waals surface area (Å²) >= 11 is 1.25. The number of morpholine rings is 1. The Morgan fingerprint density at radius 1 is 1.22 bits per heavy atom. The Bertz CT molecular complexity index is 679. The molecular formula is C18H29N3O4S2. The van der Waals surface area contributed by atoms with Gasteiger partial charge in [-0.25, -0.2) is 8.42 Å². The summed E-state index contributed by atoms with van der Waals surface area (Å²) in [6.45, 7) is 6.22. The molecule has 9 heteroatoms. The molecule has 7 nitrogen and oxygen atoms in total. The van der Waals surface area contributed by atoms with Gasteiger partial charge in [-0.05, 0) is 43.2 Å². The van der Waals surface area contributed by atoms with Crippen molar-refractivity contribution in [3.05, 3.63) is 17.5 Å². The molecule has 2 aliphatic heterocycles. The first-order valence-corrected chi connectivity index (χ1v) is 12.0. The molecule has 2 fully saturated rings. The number of thiophene rings is 1. The van der Waals surface area contributed by atoms with Gasteiger partial charge in [0.15, 0.2) is 0 Å². The molecule has 0 bridgehead atoms. The van der Waals surface area contributed by atoms with Crippen LogP contribution in [0.4, 0.5) is 0 Å². The van der Waals surface area contributed by atoms with Crippen molar-refractivity contribution in [2.24, 2.45) is 5.92 Å². The lowest BCUT2D eigenvalue weighted by Crippen LogP contribution is -2.40. The second-order valence-corrected chi connectivity index (χ2v) is 10.3. The molecule has 1 aromatic rings. The highest BCUT2D eigenvalue weighted by Crippen LogP contribution is 2.27. The predicted octanol–water partition coefficient (Wildman–Crippen LogP) is 1.38. The van der Waals surface area contributed by atoms with Crippen LogP contribution < -0.4 is 5.32 Å². The Hall–Kier alpha value is -1.00. The summed E-state index contributed by atoms with van der Waals surface area (Å²) in [6, 6.07) is 3.41. The molecule has 2 aliphatic rings. The smallest absolute Gasteiger partial charge is 0.252 e. The van der Waals surface area contributed by atoms with E-state index >= 15 is 0 Å². The number of carbonyl (C=O) groups is 1. The molecule has 0 unspecified atom stereocenters. The van der Waals surface area contributed by atoms with E-state index in [0.29, 0.717) is 30.3 Å². The summed E-state index contributed by atoms with van der Waals surface area (Å²) in [6.07, 6.45) is 2.92.